The van der Waals surface area contributed by atoms with Crippen LogP contribution < -0.4 is 11.4 Å². The van der Waals surface area contributed by atoms with Gasteiger partial charge in [0.15, 0.2) is 18.4 Å². The highest BCUT2D eigenvalue weighted by Gasteiger charge is 2.50. The fourth-order valence-corrected chi connectivity index (χ4v) is 2.74. The van der Waals surface area contributed by atoms with Gasteiger partial charge in [0.2, 0.25) is 0 Å². The molecule has 1 aliphatic heterocycles. The van der Waals surface area contributed by atoms with Gasteiger partial charge in [0.1, 0.15) is 11.9 Å². The number of hydrogen-bond acceptors (Lipinski definition) is 8. The minimum atomic E-state index is -1.06. The summed E-state index contributed by atoms with van der Waals surface area (Å²) in [5, 5.41) is 0.257. The summed E-state index contributed by atoms with van der Waals surface area (Å²) in [5.74, 6) is -1.19. The molecule has 0 amide bonds. The molecule has 0 saturated carbocycles. The second-order valence-corrected chi connectivity index (χ2v) is 6.01. The van der Waals surface area contributed by atoms with Crippen LogP contribution in [0.5, 0.6) is 0 Å². The van der Waals surface area contributed by atoms with E-state index in [2.05, 4.69) is 11.6 Å². The van der Waals surface area contributed by atoms with Gasteiger partial charge in [-0.1, -0.05) is 18.2 Å². The molecule has 1 fully saturated rings. The van der Waals surface area contributed by atoms with Gasteiger partial charge >= 0.3 is 17.6 Å². The quantitative estimate of drug-likeness (QED) is 0.751. The number of nitrogens with zero attached hydrogens (tertiary/aromatic N) is 2. The van der Waals surface area contributed by atoms with Crippen molar-refractivity contribution in [2.24, 2.45) is 0 Å². The monoisotopic (exact) mass is 371 g/mol. The molecule has 2 N–H and O–H groups in total. The SMILES string of the molecule is C=C(Cl)C[C@H]1O[C@@H](n2ccc(N)nc2=O)[C@H](OC(C)=O)[C@@H]1OC(C)=O. The molecule has 0 spiro atoms. The van der Waals surface area contributed by atoms with Crippen LogP contribution in [-0.4, -0.2) is 39.8 Å². The van der Waals surface area contributed by atoms with Gasteiger partial charge in [-0.3, -0.25) is 14.2 Å². The van der Waals surface area contributed by atoms with Crippen molar-refractivity contribution in [1.82, 2.24) is 9.55 Å². The molecule has 10 heteroatoms. The number of nitrogen functional groups attached to an aromatic ring is 1. The predicted octanol–water partition coefficient (Wildman–Crippen LogP) is 0.729. The van der Waals surface area contributed by atoms with Gasteiger partial charge in [-0.25, -0.2) is 4.79 Å². The number of nitrogens with two attached hydrogens (primary N) is 1. The Bertz CT molecular complexity index is 749. The highest BCUT2D eigenvalue weighted by molar-refractivity contribution is 6.29. The maximum absolute atomic E-state index is 12.1. The summed E-state index contributed by atoms with van der Waals surface area (Å²) < 4.78 is 17.4. The average molecular weight is 372 g/mol. The van der Waals surface area contributed by atoms with E-state index in [0.717, 1.165) is 4.57 Å². The Balaban J connectivity index is 2.44. The van der Waals surface area contributed by atoms with Crippen molar-refractivity contribution in [2.45, 2.75) is 44.8 Å². The lowest BCUT2D eigenvalue weighted by atomic mass is 10.1. The lowest BCUT2D eigenvalue weighted by Gasteiger charge is -2.23. The van der Waals surface area contributed by atoms with E-state index < -0.39 is 42.2 Å². The molecular weight excluding hydrogens is 354 g/mol. The minimum absolute atomic E-state index is 0.0329. The van der Waals surface area contributed by atoms with Crippen molar-refractivity contribution in [2.75, 3.05) is 5.73 Å². The first kappa shape index (κ1) is 18.9. The standard InChI is InChI=1S/C15H18ClN3O6/c1-7(16)6-10-12(23-8(2)20)13(24-9(3)21)14(25-10)19-5-4-11(17)18-15(19)22/h4-5,10,12-14H,1,6H2,2-3H3,(H2,17,18,22)/t10-,12-,13-,14-/m1/s1. The summed E-state index contributed by atoms with van der Waals surface area (Å²) >= 11 is 5.84. The van der Waals surface area contributed by atoms with E-state index in [1.54, 1.807) is 0 Å². The van der Waals surface area contributed by atoms with E-state index in [-0.39, 0.29) is 17.3 Å². The largest absolute Gasteiger partial charge is 0.456 e. The molecule has 4 atom stereocenters. The van der Waals surface area contributed by atoms with Crippen LogP contribution in [0.3, 0.4) is 0 Å². The number of esters is 2. The van der Waals surface area contributed by atoms with Crippen molar-refractivity contribution in [1.29, 1.82) is 0 Å². The molecule has 0 radical (unpaired) electrons. The van der Waals surface area contributed by atoms with Gasteiger partial charge in [0.25, 0.3) is 0 Å². The van der Waals surface area contributed by atoms with E-state index >= 15 is 0 Å². The van der Waals surface area contributed by atoms with Crippen LogP contribution in [0.1, 0.15) is 26.5 Å². The third-order valence-electron chi connectivity index (χ3n) is 3.44. The fourth-order valence-electron chi connectivity index (χ4n) is 2.59. The third kappa shape index (κ3) is 4.58. The van der Waals surface area contributed by atoms with E-state index in [1.165, 1.54) is 26.1 Å². The molecule has 0 bridgehead atoms. The highest BCUT2D eigenvalue weighted by atomic mass is 35.5. The summed E-state index contributed by atoms with van der Waals surface area (Å²) in [6.45, 7) is 5.99. The van der Waals surface area contributed by atoms with Gasteiger partial charge in [-0.05, 0) is 6.07 Å². The summed E-state index contributed by atoms with van der Waals surface area (Å²) in [4.78, 5) is 38.7. The molecule has 136 valence electrons. The number of hydrogen-bond donors (Lipinski definition) is 1. The van der Waals surface area contributed by atoms with Crippen LogP contribution in [-0.2, 0) is 23.8 Å². The average Bonchev–Trinajstić information content (AvgIpc) is 2.75. The fraction of sp³-hybridized carbons (Fsp3) is 0.467. The second-order valence-electron chi connectivity index (χ2n) is 5.48. The minimum Gasteiger partial charge on any atom is -0.456 e. The Kier molecular flexibility index (Phi) is 5.81. The van der Waals surface area contributed by atoms with Gasteiger partial charge < -0.3 is 19.9 Å². The molecule has 1 aromatic rings. The summed E-state index contributed by atoms with van der Waals surface area (Å²) in [7, 11) is 0. The van der Waals surface area contributed by atoms with Gasteiger partial charge in [-0.15, -0.1) is 0 Å². The van der Waals surface area contributed by atoms with Crippen molar-refractivity contribution < 1.29 is 23.8 Å². The molecule has 0 unspecified atom stereocenters. The Labute approximate surface area is 148 Å². The zero-order valence-electron chi connectivity index (χ0n) is 13.7. The van der Waals surface area contributed by atoms with Crippen LogP contribution in [0.4, 0.5) is 5.82 Å². The van der Waals surface area contributed by atoms with E-state index in [1.807, 2.05) is 0 Å². The summed E-state index contributed by atoms with van der Waals surface area (Å²) in [6.07, 6.45) is -2.36. The smallest absolute Gasteiger partial charge is 0.351 e. The molecule has 2 heterocycles. The second kappa shape index (κ2) is 7.66. The van der Waals surface area contributed by atoms with Gasteiger partial charge in [0, 0.05) is 31.5 Å². The highest BCUT2D eigenvalue weighted by Crippen LogP contribution is 2.36. The van der Waals surface area contributed by atoms with Crippen molar-refractivity contribution in [3.8, 4) is 0 Å². The summed E-state index contributed by atoms with van der Waals surface area (Å²) in [5.41, 5.74) is 4.78. The Hall–Kier alpha value is -2.39. The maximum atomic E-state index is 12.1. The molecule has 1 saturated heterocycles. The van der Waals surface area contributed by atoms with E-state index in [0.29, 0.717) is 0 Å². The molecule has 1 aromatic heterocycles. The number of aromatic nitrogens is 2. The van der Waals surface area contributed by atoms with Crippen LogP contribution in [0.2, 0.25) is 0 Å². The molecular formula is C15H18ClN3O6. The maximum Gasteiger partial charge on any atom is 0.351 e. The lowest BCUT2D eigenvalue weighted by Crippen LogP contribution is -2.40. The first-order chi connectivity index (χ1) is 11.7. The molecule has 0 aliphatic carbocycles. The lowest BCUT2D eigenvalue weighted by molar-refractivity contribution is -0.165. The molecule has 9 nitrogen and oxygen atoms in total. The Morgan fingerprint density at radius 3 is 2.48 bits per heavy atom. The van der Waals surface area contributed by atoms with E-state index in [9.17, 15) is 14.4 Å². The van der Waals surface area contributed by atoms with Gasteiger partial charge in [0.05, 0.1) is 0 Å². The van der Waals surface area contributed by atoms with Crippen LogP contribution >= 0.6 is 11.6 Å². The molecule has 0 aromatic carbocycles. The van der Waals surface area contributed by atoms with E-state index in [4.69, 9.17) is 31.5 Å². The van der Waals surface area contributed by atoms with Crippen molar-refractivity contribution in [3.63, 3.8) is 0 Å². The van der Waals surface area contributed by atoms with Crippen LogP contribution in [0.15, 0.2) is 28.7 Å². The number of carbonyl (C=O) groups excluding carboxylic acids is 2. The molecule has 2 rings (SSSR count). The number of ether oxygens (including phenoxy) is 3. The first-order valence-corrected chi connectivity index (χ1v) is 7.74. The Morgan fingerprint density at radius 2 is 1.96 bits per heavy atom. The van der Waals surface area contributed by atoms with Crippen molar-refractivity contribution >= 4 is 29.4 Å². The Morgan fingerprint density at radius 1 is 1.36 bits per heavy atom. The zero-order chi connectivity index (χ0) is 18.7. The number of rotatable bonds is 5. The number of carbonyl (C=O) groups is 2. The van der Waals surface area contributed by atoms with Gasteiger partial charge in [-0.2, -0.15) is 4.98 Å². The molecule has 1 aliphatic rings. The topological polar surface area (TPSA) is 123 Å². The third-order valence-corrected chi connectivity index (χ3v) is 3.59. The zero-order valence-corrected chi connectivity index (χ0v) is 14.4. The normalized spacial score (nSPS) is 25.4. The van der Waals surface area contributed by atoms with Crippen molar-refractivity contribution in [3.05, 3.63) is 34.4 Å². The van der Waals surface area contributed by atoms with Crippen LogP contribution in [0.25, 0.3) is 0 Å². The summed E-state index contributed by atoms with van der Waals surface area (Å²) in [6, 6.07) is 1.39. The predicted molar refractivity (Wildman–Crippen MR) is 87.5 cm³/mol. The number of anilines is 1. The van der Waals surface area contributed by atoms with Crippen LogP contribution in [0, 0.1) is 0 Å². The number of halogens is 1. The molecule has 25 heavy (non-hydrogen) atoms. The first-order valence-electron chi connectivity index (χ1n) is 7.37.